The van der Waals surface area contributed by atoms with Gasteiger partial charge in [0.2, 0.25) is 11.8 Å². The van der Waals surface area contributed by atoms with E-state index in [0.717, 1.165) is 30.3 Å². The molecule has 5 rings (SSSR count). The lowest BCUT2D eigenvalue weighted by molar-refractivity contribution is -0.125. The SMILES string of the molecule is O=C1CC(=O)N([C@H]2C[C@H]3CCC[C@@H](C2)N3C2CCCCCCC2)c2ccccc2N1. The molecule has 3 atom stereocenters. The molecule has 3 heterocycles. The highest BCUT2D eigenvalue weighted by atomic mass is 16.2. The lowest BCUT2D eigenvalue weighted by Crippen LogP contribution is -2.60. The Hall–Kier alpha value is -1.88. The van der Waals surface area contributed by atoms with Crippen molar-refractivity contribution < 1.29 is 9.59 Å². The van der Waals surface area contributed by atoms with Crippen molar-refractivity contribution in [2.24, 2.45) is 0 Å². The van der Waals surface area contributed by atoms with Crippen molar-refractivity contribution in [3.05, 3.63) is 24.3 Å². The molecule has 5 heteroatoms. The molecule has 5 nitrogen and oxygen atoms in total. The second-order valence-electron chi connectivity index (χ2n) is 9.82. The van der Waals surface area contributed by atoms with Crippen LogP contribution in [-0.4, -0.2) is 40.9 Å². The van der Waals surface area contributed by atoms with Gasteiger partial charge in [0.15, 0.2) is 0 Å². The van der Waals surface area contributed by atoms with Gasteiger partial charge in [0.25, 0.3) is 0 Å². The third-order valence-corrected chi connectivity index (χ3v) is 7.89. The molecule has 1 aliphatic carbocycles. The van der Waals surface area contributed by atoms with Crippen LogP contribution in [0.3, 0.4) is 0 Å². The van der Waals surface area contributed by atoms with Gasteiger partial charge in [0.05, 0.1) is 11.4 Å². The van der Waals surface area contributed by atoms with E-state index in [4.69, 9.17) is 0 Å². The molecule has 0 unspecified atom stereocenters. The standard InChI is InChI=1S/C25H35N3O2/c29-24-17-25(30)28(23-14-7-6-13-22(23)26-24)21-15-19-11-8-12-20(16-21)27(19)18-9-4-2-1-3-5-10-18/h6-7,13-14,18-21H,1-5,8-12,15-17H2,(H,26,29)/t19-,20+,21+. The van der Waals surface area contributed by atoms with Gasteiger partial charge in [-0.2, -0.15) is 0 Å². The largest absolute Gasteiger partial charge is 0.324 e. The molecule has 4 aliphatic rings. The molecule has 3 fully saturated rings. The van der Waals surface area contributed by atoms with Crippen LogP contribution in [0, 0.1) is 0 Å². The molecule has 3 aliphatic heterocycles. The third kappa shape index (κ3) is 3.89. The number of hydrogen-bond donors (Lipinski definition) is 1. The maximum Gasteiger partial charge on any atom is 0.236 e. The van der Waals surface area contributed by atoms with Gasteiger partial charge >= 0.3 is 0 Å². The molecule has 1 aromatic carbocycles. The topological polar surface area (TPSA) is 52.7 Å². The third-order valence-electron chi connectivity index (χ3n) is 7.89. The number of carbonyl (C=O) groups is 2. The lowest BCUT2D eigenvalue weighted by Gasteiger charge is -2.54. The molecule has 1 aromatic rings. The molecule has 2 bridgehead atoms. The Morgan fingerprint density at radius 1 is 0.733 bits per heavy atom. The fourth-order valence-electron chi connectivity index (χ4n) is 6.67. The van der Waals surface area contributed by atoms with E-state index in [-0.39, 0.29) is 24.3 Å². The number of carbonyl (C=O) groups excluding carboxylic acids is 2. The predicted molar refractivity (Wildman–Crippen MR) is 120 cm³/mol. The number of hydrogen-bond acceptors (Lipinski definition) is 3. The second kappa shape index (κ2) is 8.70. The van der Waals surface area contributed by atoms with Crippen LogP contribution >= 0.6 is 0 Å². The van der Waals surface area contributed by atoms with Crippen LogP contribution in [0.1, 0.15) is 83.5 Å². The molecule has 0 spiro atoms. The molecule has 162 valence electrons. The van der Waals surface area contributed by atoms with Gasteiger partial charge < -0.3 is 10.2 Å². The first-order chi connectivity index (χ1) is 14.7. The van der Waals surface area contributed by atoms with Crippen molar-refractivity contribution in [3.63, 3.8) is 0 Å². The van der Waals surface area contributed by atoms with Gasteiger partial charge in [0.1, 0.15) is 6.42 Å². The lowest BCUT2D eigenvalue weighted by atomic mass is 9.78. The quantitative estimate of drug-likeness (QED) is 0.710. The zero-order valence-electron chi connectivity index (χ0n) is 18.0. The van der Waals surface area contributed by atoms with E-state index in [2.05, 4.69) is 10.2 Å². The van der Waals surface area contributed by atoms with Crippen molar-refractivity contribution in [1.82, 2.24) is 4.90 Å². The Bertz CT molecular complexity index is 772. The van der Waals surface area contributed by atoms with Crippen LogP contribution < -0.4 is 10.2 Å². The predicted octanol–water partition coefficient (Wildman–Crippen LogP) is 4.86. The van der Waals surface area contributed by atoms with E-state index in [9.17, 15) is 9.59 Å². The van der Waals surface area contributed by atoms with Crippen LogP contribution in [0.15, 0.2) is 24.3 Å². The summed E-state index contributed by atoms with van der Waals surface area (Å²) in [6.07, 6.45) is 15.5. The van der Waals surface area contributed by atoms with Crippen molar-refractivity contribution in [2.45, 2.75) is 108 Å². The summed E-state index contributed by atoms with van der Waals surface area (Å²) in [4.78, 5) is 30.2. The Labute approximate surface area is 180 Å². The highest BCUT2D eigenvalue weighted by Crippen LogP contribution is 2.42. The van der Waals surface area contributed by atoms with Gasteiger partial charge in [-0.3, -0.25) is 14.5 Å². The highest BCUT2D eigenvalue weighted by molar-refractivity contribution is 6.14. The first kappa shape index (κ1) is 20.0. The number of amides is 2. The number of nitrogens with one attached hydrogen (secondary N) is 1. The minimum Gasteiger partial charge on any atom is -0.324 e. The van der Waals surface area contributed by atoms with Crippen LogP contribution in [0.5, 0.6) is 0 Å². The normalized spacial score (nSPS) is 31.3. The fourth-order valence-corrected chi connectivity index (χ4v) is 6.67. The molecular formula is C25H35N3O2. The van der Waals surface area contributed by atoms with E-state index in [1.807, 2.05) is 29.2 Å². The first-order valence-electron chi connectivity index (χ1n) is 12.2. The van der Waals surface area contributed by atoms with Gasteiger partial charge in [-0.15, -0.1) is 0 Å². The Morgan fingerprint density at radius 3 is 2.10 bits per heavy atom. The van der Waals surface area contributed by atoms with E-state index in [1.165, 1.54) is 64.2 Å². The van der Waals surface area contributed by atoms with Crippen molar-refractivity contribution >= 4 is 23.2 Å². The van der Waals surface area contributed by atoms with E-state index in [1.54, 1.807) is 0 Å². The molecule has 2 amide bonds. The number of nitrogens with zero attached hydrogens (tertiary/aromatic N) is 2. The van der Waals surface area contributed by atoms with Crippen molar-refractivity contribution in [2.75, 3.05) is 10.2 Å². The van der Waals surface area contributed by atoms with Gasteiger partial charge in [0, 0.05) is 24.2 Å². The summed E-state index contributed by atoms with van der Waals surface area (Å²) in [5.74, 6) is -0.234. The monoisotopic (exact) mass is 409 g/mol. The number of piperidine rings is 2. The molecule has 1 N–H and O–H groups in total. The molecule has 2 saturated heterocycles. The average molecular weight is 410 g/mol. The Balaban J connectivity index is 1.40. The second-order valence-corrected chi connectivity index (χ2v) is 9.82. The summed E-state index contributed by atoms with van der Waals surface area (Å²) in [6.45, 7) is 0. The average Bonchev–Trinajstić information content (AvgIpc) is 2.81. The molecular weight excluding hydrogens is 374 g/mol. The van der Waals surface area contributed by atoms with Gasteiger partial charge in [-0.1, -0.05) is 50.7 Å². The first-order valence-corrected chi connectivity index (χ1v) is 12.2. The zero-order chi connectivity index (χ0) is 20.5. The maximum absolute atomic E-state index is 13.1. The molecule has 1 saturated carbocycles. The van der Waals surface area contributed by atoms with Crippen LogP contribution in [0.25, 0.3) is 0 Å². The number of para-hydroxylation sites is 2. The van der Waals surface area contributed by atoms with Crippen molar-refractivity contribution in [3.8, 4) is 0 Å². The Kier molecular flexibility index (Phi) is 5.81. The molecule has 0 aromatic heterocycles. The summed E-state index contributed by atoms with van der Waals surface area (Å²) in [7, 11) is 0. The molecule has 0 radical (unpaired) electrons. The summed E-state index contributed by atoms with van der Waals surface area (Å²) in [5, 5.41) is 2.93. The van der Waals surface area contributed by atoms with E-state index >= 15 is 0 Å². The van der Waals surface area contributed by atoms with Crippen LogP contribution in [0.4, 0.5) is 11.4 Å². The summed E-state index contributed by atoms with van der Waals surface area (Å²) < 4.78 is 0. The fraction of sp³-hybridized carbons (Fsp3) is 0.680. The number of fused-ring (bicyclic) bond motifs is 3. The van der Waals surface area contributed by atoms with Crippen LogP contribution in [-0.2, 0) is 9.59 Å². The number of benzene rings is 1. The number of anilines is 2. The van der Waals surface area contributed by atoms with E-state index < -0.39 is 0 Å². The van der Waals surface area contributed by atoms with Gasteiger partial charge in [-0.05, 0) is 50.7 Å². The smallest absolute Gasteiger partial charge is 0.236 e. The summed E-state index contributed by atoms with van der Waals surface area (Å²) >= 11 is 0. The zero-order valence-corrected chi connectivity index (χ0v) is 18.0. The van der Waals surface area contributed by atoms with Crippen LogP contribution in [0.2, 0.25) is 0 Å². The minimum absolute atomic E-state index is 0.0417. The van der Waals surface area contributed by atoms with Gasteiger partial charge in [-0.25, -0.2) is 0 Å². The Morgan fingerprint density at radius 2 is 1.37 bits per heavy atom. The summed E-state index contributed by atoms with van der Waals surface area (Å²) in [5.41, 5.74) is 1.66. The number of rotatable bonds is 2. The van der Waals surface area contributed by atoms with Crippen molar-refractivity contribution in [1.29, 1.82) is 0 Å². The molecule has 30 heavy (non-hydrogen) atoms. The maximum atomic E-state index is 13.1. The highest BCUT2D eigenvalue weighted by Gasteiger charge is 2.44. The van der Waals surface area contributed by atoms with E-state index in [0.29, 0.717) is 12.1 Å². The minimum atomic E-state index is -0.192. The summed E-state index contributed by atoms with van der Waals surface area (Å²) in [6, 6.07) is 9.92.